The Bertz CT molecular complexity index is 1380. The molecule has 2 aromatic heterocycles. The highest BCUT2D eigenvalue weighted by molar-refractivity contribution is 7.92. The van der Waals surface area contributed by atoms with Crippen LogP contribution in [0.2, 0.25) is 0 Å². The highest BCUT2D eigenvalue weighted by Crippen LogP contribution is 2.37. The van der Waals surface area contributed by atoms with Gasteiger partial charge in [0.1, 0.15) is 15.9 Å². The minimum absolute atomic E-state index is 0.0842. The molecule has 0 radical (unpaired) electrons. The molecule has 1 amide bonds. The summed E-state index contributed by atoms with van der Waals surface area (Å²) in [7, 11) is -4.40. The van der Waals surface area contributed by atoms with E-state index in [-0.39, 0.29) is 28.8 Å². The van der Waals surface area contributed by atoms with Crippen molar-refractivity contribution in [3.05, 3.63) is 58.7 Å². The standard InChI is InChI=1S/C25H30FN3O6S2/c1-6-34-23(30)16(4)35-25(31)28-37(32,33)24-21(13-20(36-24)11-15(2)3)18-7-8-19(22(26)12-18)14-29-10-9-27-17(29)5/h7-10,12-13,15-16H,6,11,14H2,1-5H3,(H,28,31). The second-order valence-corrected chi connectivity index (χ2v) is 11.8. The van der Waals surface area contributed by atoms with Crippen LogP contribution in [0.25, 0.3) is 11.1 Å². The van der Waals surface area contributed by atoms with Gasteiger partial charge in [-0.2, -0.15) is 0 Å². The van der Waals surface area contributed by atoms with Gasteiger partial charge in [0.2, 0.25) is 0 Å². The summed E-state index contributed by atoms with van der Waals surface area (Å²) >= 11 is 0.996. The molecule has 1 aromatic carbocycles. The first-order valence-electron chi connectivity index (χ1n) is 11.7. The second kappa shape index (κ2) is 11.9. The molecule has 37 heavy (non-hydrogen) atoms. The summed E-state index contributed by atoms with van der Waals surface area (Å²) in [6.07, 6.45) is 1.36. The van der Waals surface area contributed by atoms with E-state index in [0.717, 1.165) is 22.0 Å². The van der Waals surface area contributed by atoms with Gasteiger partial charge in [0.05, 0.1) is 13.2 Å². The van der Waals surface area contributed by atoms with Gasteiger partial charge in [-0.05, 0) is 50.8 Å². The molecule has 1 atom stereocenters. The normalized spacial score (nSPS) is 12.4. The largest absolute Gasteiger partial charge is 0.463 e. The molecular weight excluding hydrogens is 521 g/mol. The van der Waals surface area contributed by atoms with Crippen LogP contribution in [0.1, 0.15) is 44.0 Å². The van der Waals surface area contributed by atoms with Crippen molar-refractivity contribution in [2.45, 2.75) is 57.9 Å². The highest BCUT2D eigenvalue weighted by Gasteiger charge is 2.28. The number of carbonyl (C=O) groups excluding carboxylic acids is 2. The monoisotopic (exact) mass is 551 g/mol. The first kappa shape index (κ1) is 28.3. The molecule has 3 rings (SSSR count). The molecule has 0 aliphatic heterocycles. The Morgan fingerprint density at radius 2 is 1.95 bits per heavy atom. The third-order valence-electron chi connectivity index (χ3n) is 5.35. The number of nitrogens with one attached hydrogen (secondary N) is 1. The van der Waals surface area contributed by atoms with Gasteiger partial charge < -0.3 is 14.0 Å². The van der Waals surface area contributed by atoms with Crippen molar-refractivity contribution in [1.82, 2.24) is 14.3 Å². The van der Waals surface area contributed by atoms with Gasteiger partial charge in [-0.15, -0.1) is 11.3 Å². The van der Waals surface area contributed by atoms with Gasteiger partial charge in [0, 0.05) is 28.4 Å². The number of halogens is 1. The zero-order valence-corrected chi connectivity index (χ0v) is 22.9. The van der Waals surface area contributed by atoms with Gasteiger partial charge in [-0.3, -0.25) is 0 Å². The third-order valence-corrected chi connectivity index (χ3v) is 8.35. The number of esters is 1. The number of sulfonamides is 1. The van der Waals surface area contributed by atoms with E-state index >= 15 is 4.39 Å². The number of aromatic nitrogens is 2. The summed E-state index contributed by atoms with van der Waals surface area (Å²) in [6, 6.07) is 6.22. The molecule has 0 spiro atoms. The van der Waals surface area contributed by atoms with E-state index in [4.69, 9.17) is 9.47 Å². The van der Waals surface area contributed by atoms with Crippen LogP contribution < -0.4 is 4.72 Å². The van der Waals surface area contributed by atoms with Gasteiger partial charge in [-0.25, -0.2) is 32.1 Å². The summed E-state index contributed by atoms with van der Waals surface area (Å²) in [4.78, 5) is 28.9. The highest BCUT2D eigenvalue weighted by atomic mass is 32.2. The maximum atomic E-state index is 15.1. The first-order valence-corrected chi connectivity index (χ1v) is 14.0. The van der Waals surface area contributed by atoms with Crippen LogP contribution in [0.5, 0.6) is 0 Å². The maximum absolute atomic E-state index is 15.1. The number of rotatable bonds is 10. The molecule has 0 aliphatic rings. The van der Waals surface area contributed by atoms with Crippen LogP contribution in [-0.2, 0) is 37.3 Å². The number of carbonyl (C=O) groups is 2. The van der Waals surface area contributed by atoms with Gasteiger partial charge in [0.25, 0.3) is 10.0 Å². The Kier molecular flexibility index (Phi) is 9.08. The Balaban J connectivity index is 1.92. The van der Waals surface area contributed by atoms with Crippen LogP contribution in [0.4, 0.5) is 9.18 Å². The lowest BCUT2D eigenvalue weighted by atomic mass is 10.0. The fraction of sp³-hybridized carbons (Fsp3) is 0.400. The molecule has 3 aromatic rings. The lowest BCUT2D eigenvalue weighted by molar-refractivity contribution is -0.152. The van der Waals surface area contributed by atoms with Crippen LogP contribution in [0.15, 0.2) is 40.9 Å². The summed E-state index contributed by atoms with van der Waals surface area (Å²) in [5.74, 6) is -0.320. The summed E-state index contributed by atoms with van der Waals surface area (Å²) in [5.41, 5.74) is 1.04. The molecule has 0 aliphatic carbocycles. The number of thiophene rings is 1. The summed E-state index contributed by atoms with van der Waals surface area (Å²) < 4.78 is 54.6. The number of ether oxygens (including phenoxy) is 2. The molecule has 200 valence electrons. The van der Waals surface area contributed by atoms with Crippen molar-refractivity contribution in [3.63, 3.8) is 0 Å². The van der Waals surface area contributed by atoms with Gasteiger partial charge >= 0.3 is 12.1 Å². The molecular formula is C25H30FN3O6S2. The van der Waals surface area contributed by atoms with Crippen molar-refractivity contribution in [2.24, 2.45) is 5.92 Å². The SMILES string of the molecule is CCOC(=O)C(C)OC(=O)NS(=O)(=O)c1sc(CC(C)C)cc1-c1ccc(Cn2ccnc2C)c(F)c1. The van der Waals surface area contributed by atoms with Crippen molar-refractivity contribution in [3.8, 4) is 11.1 Å². The number of imidazole rings is 1. The summed E-state index contributed by atoms with van der Waals surface area (Å²) in [6.45, 7) is 9.03. The van der Waals surface area contributed by atoms with E-state index < -0.39 is 34.0 Å². The molecule has 9 nitrogen and oxygen atoms in total. The number of hydrogen-bond acceptors (Lipinski definition) is 8. The number of hydrogen-bond donors (Lipinski definition) is 1. The molecule has 0 saturated heterocycles. The number of aryl methyl sites for hydroxylation is 1. The molecule has 0 fully saturated rings. The van der Waals surface area contributed by atoms with E-state index in [0.29, 0.717) is 17.5 Å². The Hall–Kier alpha value is -3.25. The second-order valence-electron chi connectivity index (χ2n) is 8.83. The first-order chi connectivity index (χ1) is 17.4. The van der Waals surface area contributed by atoms with Gasteiger partial charge in [0.15, 0.2) is 6.10 Å². The van der Waals surface area contributed by atoms with Crippen molar-refractivity contribution in [1.29, 1.82) is 0 Å². The van der Waals surface area contributed by atoms with Crippen LogP contribution >= 0.6 is 11.3 Å². The maximum Gasteiger partial charge on any atom is 0.422 e. The molecule has 0 saturated carbocycles. The minimum atomic E-state index is -4.40. The number of nitrogens with zero attached hydrogens (tertiary/aromatic N) is 2. The fourth-order valence-electron chi connectivity index (χ4n) is 3.57. The van der Waals surface area contributed by atoms with Crippen LogP contribution in [0, 0.1) is 18.7 Å². The Morgan fingerprint density at radius 3 is 2.54 bits per heavy atom. The lowest BCUT2D eigenvalue weighted by Gasteiger charge is -2.13. The predicted molar refractivity (Wildman–Crippen MR) is 137 cm³/mol. The molecule has 1 N–H and O–H groups in total. The average molecular weight is 552 g/mol. The van der Waals surface area contributed by atoms with E-state index in [1.54, 1.807) is 42.1 Å². The third kappa shape index (κ3) is 7.16. The molecule has 1 unspecified atom stereocenters. The topological polar surface area (TPSA) is 117 Å². The van der Waals surface area contributed by atoms with E-state index in [2.05, 4.69) is 4.98 Å². The number of benzene rings is 1. The zero-order chi connectivity index (χ0) is 27.3. The number of amides is 1. The average Bonchev–Trinajstić information content (AvgIpc) is 3.41. The summed E-state index contributed by atoms with van der Waals surface area (Å²) in [5, 5.41) is 0. The van der Waals surface area contributed by atoms with Crippen molar-refractivity contribution in [2.75, 3.05) is 6.61 Å². The Labute approximate surface area is 219 Å². The molecule has 12 heteroatoms. The molecule has 2 heterocycles. The zero-order valence-electron chi connectivity index (χ0n) is 21.3. The van der Waals surface area contributed by atoms with Crippen LogP contribution in [-0.4, -0.2) is 42.7 Å². The van der Waals surface area contributed by atoms with E-state index in [9.17, 15) is 18.0 Å². The fourth-order valence-corrected chi connectivity index (χ4v) is 6.40. The van der Waals surface area contributed by atoms with E-state index in [1.165, 1.54) is 13.0 Å². The van der Waals surface area contributed by atoms with E-state index in [1.807, 2.05) is 25.5 Å². The lowest BCUT2D eigenvalue weighted by Crippen LogP contribution is -2.36. The Morgan fingerprint density at radius 1 is 1.22 bits per heavy atom. The predicted octanol–water partition coefficient (Wildman–Crippen LogP) is 4.67. The van der Waals surface area contributed by atoms with Crippen molar-refractivity contribution >= 4 is 33.4 Å². The minimum Gasteiger partial charge on any atom is -0.463 e. The van der Waals surface area contributed by atoms with Crippen molar-refractivity contribution < 1.29 is 31.9 Å². The van der Waals surface area contributed by atoms with Crippen LogP contribution in [0.3, 0.4) is 0 Å². The smallest absolute Gasteiger partial charge is 0.422 e. The van der Waals surface area contributed by atoms with Gasteiger partial charge in [-0.1, -0.05) is 26.0 Å². The molecule has 0 bridgehead atoms. The quantitative estimate of drug-likeness (QED) is 0.364.